The van der Waals surface area contributed by atoms with Gasteiger partial charge in [0.15, 0.2) is 0 Å². The van der Waals surface area contributed by atoms with Crippen molar-refractivity contribution in [2.45, 2.75) is 24.9 Å². The van der Waals surface area contributed by atoms with Crippen LogP contribution in [0.2, 0.25) is 0 Å². The maximum Gasteiger partial charge on any atom is 0.251 e. The molecule has 3 aromatic rings. The summed E-state index contributed by atoms with van der Waals surface area (Å²) in [6.07, 6.45) is 1.09. The molecule has 0 saturated heterocycles. The molecule has 29 heavy (non-hydrogen) atoms. The third kappa shape index (κ3) is 3.16. The highest BCUT2D eigenvalue weighted by molar-refractivity contribution is 5.94. The highest BCUT2D eigenvalue weighted by atomic mass is 16.5. The van der Waals surface area contributed by atoms with Gasteiger partial charge in [0, 0.05) is 31.1 Å². The first kappa shape index (κ1) is 18.1. The summed E-state index contributed by atoms with van der Waals surface area (Å²) < 4.78 is 5.19. The van der Waals surface area contributed by atoms with Crippen LogP contribution in [0.15, 0.2) is 72.8 Å². The van der Waals surface area contributed by atoms with E-state index in [1.807, 2.05) is 24.3 Å². The van der Waals surface area contributed by atoms with Crippen molar-refractivity contribution in [1.29, 1.82) is 0 Å². The Morgan fingerprint density at radius 2 is 1.59 bits per heavy atom. The van der Waals surface area contributed by atoms with Gasteiger partial charge in [0.05, 0.1) is 6.61 Å². The molecular formula is C26H25NO2. The predicted molar refractivity (Wildman–Crippen MR) is 114 cm³/mol. The van der Waals surface area contributed by atoms with Crippen LogP contribution >= 0.6 is 0 Å². The minimum Gasteiger partial charge on any atom is -0.380 e. The van der Waals surface area contributed by atoms with Crippen LogP contribution in [0.1, 0.15) is 56.4 Å². The molecular weight excluding hydrogens is 358 g/mol. The average Bonchev–Trinajstić information content (AvgIpc) is 2.78. The van der Waals surface area contributed by atoms with Crippen molar-refractivity contribution >= 4 is 5.91 Å². The fraction of sp³-hybridized carbons (Fsp3) is 0.269. The van der Waals surface area contributed by atoms with E-state index < -0.39 is 0 Å². The number of ether oxygens (including phenoxy) is 1. The number of fused-ring (bicyclic) bond motifs is 1. The van der Waals surface area contributed by atoms with Gasteiger partial charge in [-0.1, -0.05) is 60.7 Å². The van der Waals surface area contributed by atoms with Gasteiger partial charge in [-0.3, -0.25) is 4.79 Å². The van der Waals surface area contributed by atoms with Crippen LogP contribution in [-0.2, 0) is 11.3 Å². The molecule has 3 aromatic carbocycles. The SMILES string of the molecule is COCc1cccc(C(=O)NCC2CC3c4ccccc4C2c2ccccc23)c1. The zero-order valence-corrected chi connectivity index (χ0v) is 16.6. The highest BCUT2D eigenvalue weighted by Gasteiger charge is 2.42. The molecule has 0 aromatic heterocycles. The van der Waals surface area contributed by atoms with E-state index in [9.17, 15) is 4.79 Å². The van der Waals surface area contributed by atoms with Crippen molar-refractivity contribution in [3.63, 3.8) is 0 Å². The normalized spacial score (nSPS) is 21.3. The topological polar surface area (TPSA) is 38.3 Å². The molecule has 0 spiro atoms. The van der Waals surface area contributed by atoms with E-state index in [4.69, 9.17) is 4.74 Å². The van der Waals surface area contributed by atoms with Crippen molar-refractivity contribution in [2.75, 3.05) is 13.7 Å². The van der Waals surface area contributed by atoms with Crippen molar-refractivity contribution < 1.29 is 9.53 Å². The van der Waals surface area contributed by atoms with Crippen LogP contribution in [0.4, 0.5) is 0 Å². The van der Waals surface area contributed by atoms with Crippen LogP contribution < -0.4 is 5.32 Å². The first-order valence-electron chi connectivity index (χ1n) is 10.3. The molecule has 146 valence electrons. The summed E-state index contributed by atoms with van der Waals surface area (Å²) in [4.78, 5) is 12.8. The molecule has 3 nitrogen and oxygen atoms in total. The van der Waals surface area contributed by atoms with Gasteiger partial charge in [-0.15, -0.1) is 0 Å². The highest BCUT2D eigenvalue weighted by Crippen LogP contribution is 2.55. The summed E-state index contributed by atoms with van der Waals surface area (Å²) in [5.41, 5.74) is 7.51. The second kappa shape index (κ2) is 7.49. The molecule has 1 amide bonds. The molecule has 0 aliphatic heterocycles. The molecule has 6 rings (SSSR count). The van der Waals surface area contributed by atoms with Gasteiger partial charge in [-0.05, 0) is 52.3 Å². The third-order valence-corrected chi connectivity index (χ3v) is 6.45. The second-order valence-corrected chi connectivity index (χ2v) is 8.13. The molecule has 3 aliphatic carbocycles. The van der Waals surface area contributed by atoms with Crippen LogP contribution in [0, 0.1) is 5.92 Å². The average molecular weight is 383 g/mol. The van der Waals surface area contributed by atoms with Gasteiger partial charge >= 0.3 is 0 Å². The van der Waals surface area contributed by atoms with Crippen LogP contribution in [0.5, 0.6) is 0 Å². The third-order valence-electron chi connectivity index (χ3n) is 6.45. The van der Waals surface area contributed by atoms with E-state index in [1.54, 1.807) is 7.11 Å². The first-order chi connectivity index (χ1) is 14.3. The maximum absolute atomic E-state index is 12.8. The summed E-state index contributed by atoms with van der Waals surface area (Å²) >= 11 is 0. The van der Waals surface area contributed by atoms with Gasteiger partial charge in [-0.25, -0.2) is 0 Å². The molecule has 1 atom stereocenters. The Balaban J connectivity index is 1.38. The Morgan fingerprint density at radius 1 is 0.931 bits per heavy atom. The molecule has 0 fully saturated rings. The lowest BCUT2D eigenvalue weighted by molar-refractivity contribution is 0.0942. The van der Waals surface area contributed by atoms with Gasteiger partial charge in [0.25, 0.3) is 5.91 Å². The molecule has 0 radical (unpaired) electrons. The minimum atomic E-state index is -0.00836. The summed E-state index contributed by atoms with van der Waals surface area (Å²) in [7, 11) is 1.67. The number of benzene rings is 3. The number of carbonyl (C=O) groups is 1. The number of hydrogen-bond donors (Lipinski definition) is 1. The largest absolute Gasteiger partial charge is 0.380 e. The van der Waals surface area contributed by atoms with Crippen molar-refractivity contribution in [1.82, 2.24) is 5.32 Å². The smallest absolute Gasteiger partial charge is 0.251 e. The fourth-order valence-corrected chi connectivity index (χ4v) is 5.25. The van der Waals surface area contributed by atoms with Gasteiger partial charge in [-0.2, -0.15) is 0 Å². The zero-order valence-electron chi connectivity index (χ0n) is 16.6. The Morgan fingerprint density at radius 3 is 2.24 bits per heavy atom. The van der Waals surface area contributed by atoms with Crippen molar-refractivity contribution in [2.24, 2.45) is 5.92 Å². The predicted octanol–water partition coefficient (Wildman–Crippen LogP) is 4.86. The molecule has 1 N–H and O–H groups in total. The van der Waals surface area contributed by atoms with Gasteiger partial charge in [0.1, 0.15) is 0 Å². The molecule has 0 heterocycles. The minimum absolute atomic E-state index is 0.00836. The molecule has 3 aliphatic rings. The number of nitrogens with one attached hydrogen (secondary N) is 1. The first-order valence-corrected chi connectivity index (χ1v) is 10.3. The lowest BCUT2D eigenvalue weighted by Crippen LogP contribution is -2.39. The van der Waals surface area contributed by atoms with Crippen molar-refractivity contribution in [3.8, 4) is 0 Å². The zero-order chi connectivity index (χ0) is 19.8. The van der Waals surface area contributed by atoms with Crippen molar-refractivity contribution in [3.05, 3.63) is 106 Å². The van der Waals surface area contributed by atoms with E-state index >= 15 is 0 Å². The Kier molecular flexibility index (Phi) is 4.69. The van der Waals surface area contributed by atoms with Crippen LogP contribution in [0.3, 0.4) is 0 Å². The number of rotatable bonds is 5. The Hall–Kier alpha value is -2.91. The number of methoxy groups -OCH3 is 1. The Labute approximate surface area is 171 Å². The number of carbonyl (C=O) groups excluding carboxylic acids is 1. The van der Waals surface area contributed by atoms with Crippen LogP contribution in [-0.4, -0.2) is 19.6 Å². The lowest BCUT2D eigenvalue weighted by Gasteiger charge is -2.45. The van der Waals surface area contributed by atoms with E-state index in [0.717, 1.165) is 12.0 Å². The lowest BCUT2D eigenvalue weighted by atomic mass is 9.59. The van der Waals surface area contributed by atoms with Gasteiger partial charge < -0.3 is 10.1 Å². The standard InChI is InChI=1S/C26H25NO2/c1-29-16-17-7-6-8-18(13-17)26(28)27-15-19-14-24-20-9-2-4-11-22(20)25(19)23-12-5-3-10-21(23)24/h2-13,19,24-25H,14-16H2,1H3,(H,27,28). The summed E-state index contributed by atoms with van der Waals surface area (Å²) in [5, 5.41) is 3.20. The fourth-order valence-electron chi connectivity index (χ4n) is 5.25. The maximum atomic E-state index is 12.8. The van der Waals surface area contributed by atoms with E-state index in [2.05, 4.69) is 53.8 Å². The second-order valence-electron chi connectivity index (χ2n) is 8.13. The van der Waals surface area contributed by atoms with Gasteiger partial charge in [0.2, 0.25) is 0 Å². The monoisotopic (exact) mass is 383 g/mol. The molecule has 2 bridgehead atoms. The quantitative estimate of drug-likeness (QED) is 0.683. The summed E-state index contributed by atoms with van der Waals surface area (Å²) in [5.74, 6) is 1.19. The van der Waals surface area contributed by atoms with Crippen LogP contribution in [0.25, 0.3) is 0 Å². The summed E-state index contributed by atoms with van der Waals surface area (Å²) in [6.45, 7) is 1.21. The number of amides is 1. The molecule has 0 saturated carbocycles. The van der Waals surface area contributed by atoms with E-state index in [1.165, 1.54) is 22.3 Å². The summed E-state index contributed by atoms with van der Waals surface area (Å²) in [6, 6.07) is 25.3. The molecule has 3 heteroatoms. The molecule has 1 unspecified atom stereocenters. The Bertz CT molecular complexity index is 1010. The van der Waals surface area contributed by atoms with E-state index in [-0.39, 0.29) is 5.91 Å². The number of hydrogen-bond acceptors (Lipinski definition) is 2. The van der Waals surface area contributed by atoms with E-state index in [0.29, 0.717) is 36.5 Å².